The van der Waals surface area contributed by atoms with Gasteiger partial charge in [-0.2, -0.15) is 0 Å². The molecule has 1 amide bonds. The molecule has 0 fully saturated rings. The Bertz CT molecular complexity index is 892. The van der Waals surface area contributed by atoms with Crippen LogP contribution in [0.4, 0.5) is 10.1 Å². The zero-order valence-corrected chi connectivity index (χ0v) is 18.1. The Balaban J connectivity index is 0.000000751. The summed E-state index contributed by atoms with van der Waals surface area (Å²) in [6.45, 7) is 1.46. The number of carbonyl (C=O) groups excluding carboxylic acids is 1. The average Bonchev–Trinajstić information content (AvgIpc) is 2.77. The quantitative estimate of drug-likeness (QED) is 0.498. The minimum absolute atomic E-state index is 0.0884. The first kappa shape index (κ1) is 26.4. The van der Waals surface area contributed by atoms with Crippen LogP contribution in [-0.4, -0.2) is 67.3 Å². The maximum atomic E-state index is 12.9. The van der Waals surface area contributed by atoms with Crippen LogP contribution in [-0.2, 0) is 20.8 Å². The molecular formula is C22H27FN2O7. The summed E-state index contributed by atoms with van der Waals surface area (Å²) in [4.78, 5) is 32.3. The van der Waals surface area contributed by atoms with E-state index in [0.717, 1.165) is 18.5 Å². The first-order valence-corrected chi connectivity index (χ1v) is 9.57. The van der Waals surface area contributed by atoms with Gasteiger partial charge in [-0.25, -0.2) is 14.0 Å². The molecule has 0 aliphatic heterocycles. The van der Waals surface area contributed by atoms with Crippen LogP contribution in [0.2, 0.25) is 0 Å². The molecule has 174 valence electrons. The Morgan fingerprint density at radius 2 is 1.53 bits per heavy atom. The Kier molecular flexibility index (Phi) is 11.2. The number of nitrogens with one attached hydrogen (secondary N) is 1. The molecular weight excluding hydrogens is 423 g/mol. The van der Waals surface area contributed by atoms with E-state index in [-0.39, 0.29) is 11.7 Å². The van der Waals surface area contributed by atoms with Crippen LogP contribution in [0.25, 0.3) is 0 Å². The van der Waals surface area contributed by atoms with E-state index < -0.39 is 11.9 Å². The van der Waals surface area contributed by atoms with E-state index >= 15 is 0 Å². The Morgan fingerprint density at radius 3 is 2.06 bits per heavy atom. The van der Waals surface area contributed by atoms with Crippen LogP contribution < -0.4 is 14.8 Å². The first-order valence-electron chi connectivity index (χ1n) is 9.57. The van der Waals surface area contributed by atoms with Gasteiger partial charge in [-0.05, 0) is 55.4 Å². The van der Waals surface area contributed by atoms with Gasteiger partial charge in [0, 0.05) is 25.2 Å². The van der Waals surface area contributed by atoms with E-state index in [0.29, 0.717) is 30.2 Å². The third-order valence-electron chi connectivity index (χ3n) is 4.26. The number of anilines is 1. The van der Waals surface area contributed by atoms with Crippen molar-refractivity contribution in [3.63, 3.8) is 0 Å². The van der Waals surface area contributed by atoms with Crippen molar-refractivity contribution >= 4 is 23.5 Å². The average molecular weight is 450 g/mol. The highest BCUT2D eigenvalue weighted by Crippen LogP contribution is 2.27. The molecule has 0 bridgehead atoms. The number of benzene rings is 2. The van der Waals surface area contributed by atoms with Crippen molar-refractivity contribution in [3.05, 3.63) is 53.8 Å². The molecule has 3 N–H and O–H groups in total. The topological polar surface area (TPSA) is 125 Å². The van der Waals surface area contributed by atoms with Gasteiger partial charge < -0.3 is 29.9 Å². The molecule has 0 atom stereocenters. The number of carbonyl (C=O) groups is 3. The molecule has 0 aliphatic rings. The van der Waals surface area contributed by atoms with E-state index in [2.05, 4.69) is 10.2 Å². The van der Waals surface area contributed by atoms with E-state index in [1.165, 1.54) is 12.1 Å². The lowest BCUT2D eigenvalue weighted by atomic mass is 10.1. The van der Waals surface area contributed by atoms with Crippen LogP contribution >= 0.6 is 0 Å². The normalized spacial score (nSPS) is 10.0. The summed E-state index contributed by atoms with van der Waals surface area (Å²) >= 11 is 0. The van der Waals surface area contributed by atoms with Crippen LogP contribution in [0, 0.1) is 5.82 Å². The molecule has 0 aliphatic carbocycles. The molecule has 0 saturated carbocycles. The van der Waals surface area contributed by atoms with Gasteiger partial charge in [0.05, 0.1) is 14.2 Å². The molecule has 2 aromatic carbocycles. The maximum Gasteiger partial charge on any atom is 0.414 e. The fraction of sp³-hybridized carbons (Fsp3) is 0.318. The highest BCUT2D eigenvalue weighted by atomic mass is 19.1. The van der Waals surface area contributed by atoms with Crippen LogP contribution in [0.3, 0.4) is 0 Å². The number of carboxylic acid groups (broad SMARTS) is 2. The summed E-state index contributed by atoms with van der Waals surface area (Å²) in [5.41, 5.74) is 1.75. The molecule has 0 radical (unpaired) electrons. The van der Waals surface area contributed by atoms with Gasteiger partial charge in [0.1, 0.15) is 5.82 Å². The van der Waals surface area contributed by atoms with Crippen LogP contribution in [0.15, 0.2) is 42.5 Å². The SMILES string of the molecule is COc1ccc(CCN(C)CCC(=O)Nc2ccc(F)cc2)cc1OC.O=C(O)C(=O)O. The number of ether oxygens (including phenoxy) is 2. The van der Waals surface area contributed by atoms with Crippen molar-refractivity contribution in [2.24, 2.45) is 0 Å². The number of hydrogen-bond donors (Lipinski definition) is 3. The highest BCUT2D eigenvalue weighted by molar-refractivity contribution is 6.27. The smallest absolute Gasteiger partial charge is 0.414 e. The number of rotatable bonds is 9. The fourth-order valence-electron chi connectivity index (χ4n) is 2.52. The lowest BCUT2D eigenvalue weighted by molar-refractivity contribution is -0.159. The van der Waals surface area contributed by atoms with Gasteiger partial charge in [0.25, 0.3) is 0 Å². The number of methoxy groups -OCH3 is 2. The monoisotopic (exact) mass is 450 g/mol. The maximum absolute atomic E-state index is 12.9. The van der Waals surface area contributed by atoms with E-state index in [9.17, 15) is 9.18 Å². The minimum atomic E-state index is -1.82. The fourth-order valence-corrected chi connectivity index (χ4v) is 2.52. The lowest BCUT2D eigenvalue weighted by Gasteiger charge is -2.17. The number of nitrogens with zero attached hydrogens (tertiary/aromatic N) is 1. The van der Waals surface area contributed by atoms with Gasteiger partial charge in [0.15, 0.2) is 11.5 Å². The predicted octanol–water partition coefficient (Wildman–Crippen LogP) is 2.50. The third kappa shape index (κ3) is 9.90. The van der Waals surface area contributed by atoms with E-state index in [4.69, 9.17) is 29.3 Å². The van der Waals surface area contributed by atoms with Crippen LogP contribution in [0.1, 0.15) is 12.0 Å². The van der Waals surface area contributed by atoms with Crippen molar-refractivity contribution in [2.45, 2.75) is 12.8 Å². The molecule has 9 nitrogen and oxygen atoms in total. The molecule has 0 spiro atoms. The lowest BCUT2D eigenvalue weighted by Crippen LogP contribution is -2.26. The van der Waals surface area contributed by atoms with Gasteiger partial charge in [0.2, 0.25) is 5.91 Å². The molecule has 2 aromatic rings. The molecule has 2 rings (SSSR count). The van der Waals surface area contributed by atoms with Crippen LogP contribution in [0.5, 0.6) is 11.5 Å². The number of carboxylic acids is 2. The Morgan fingerprint density at radius 1 is 0.938 bits per heavy atom. The largest absolute Gasteiger partial charge is 0.493 e. The van der Waals surface area contributed by atoms with E-state index in [1.54, 1.807) is 26.4 Å². The predicted molar refractivity (Wildman–Crippen MR) is 116 cm³/mol. The van der Waals surface area contributed by atoms with Crippen molar-refractivity contribution in [1.82, 2.24) is 4.90 Å². The number of likely N-dealkylation sites (N-methyl/N-ethyl adjacent to an activating group) is 1. The molecule has 32 heavy (non-hydrogen) atoms. The van der Waals surface area contributed by atoms with Crippen molar-refractivity contribution in [2.75, 3.05) is 39.7 Å². The Labute approximate surface area is 185 Å². The van der Waals surface area contributed by atoms with Gasteiger partial charge >= 0.3 is 11.9 Å². The minimum Gasteiger partial charge on any atom is -0.493 e. The second-order valence-corrected chi connectivity index (χ2v) is 6.66. The van der Waals surface area contributed by atoms with Gasteiger partial charge in [-0.3, -0.25) is 4.79 Å². The zero-order chi connectivity index (χ0) is 24.1. The summed E-state index contributed by atoms with van der Waals surface area (Å²) < 4.78 is 23.4. The molecule has 10 heteroatoms. The van der Waals surface area contributed by atoms with Crippen molar-refractivity contribution in [3.8, 4) is 11.5 Å². The number of aliphatic carboxylic acids is 2. The summed E-state index contributed by atoms with van der Waals surface area (Å²) in [5.74, 6) is -2.63. The zero-order valence-electron chi connectivity index (χ0n) is 18.1. The molecule has 0 heterocycles. The van der Waals surface area contributed by atoms with Crippen molar-refractivity contribution in [1.29, 1.82) is 0 Å². The summed E-state index contributed by atoms with van der Waals surface area (Å²) in [6.07, 6.45) is 1.22. The molecule has 0 unspecified atom stereocenters. The second-order valence-electron chi connectivity index (χ2n) is 6.66. The number of halogens is 1. The van der Waals surface area contributed by atoms with Gasteiger partial charge in [-0.1, -0.05) is 6.07 Å². The highest BCUT2D eigenvalue weighted by Gasteiger charge is 2.08. The van der Waals surface area contributed by atoms with Crippen molar-refractivity contribution < 1.29 is 38.5 Å². The summed E-state index contributed by atoms with van der Waals surface area (Å²) in [7, 11) is 5.21. The second kappa shape index (κ2) is 13.6. The number of amides is 1. The summed E-state index contributed by atoms with van der Waals surface area (Å²) in [6, 6.07) is 11.6. The first-order chi connectivity index (χ1) is 15.2. The summed E-state index contributed by atoms with van der Waals surface area (Å²) in [5, 5.41) is 17.5. The van der Waals surface area contributed by atoms with E-state index in [1.807, 2.05) is 25.2 Å². The molecule has 0 saturated heterocycles. The Hall–Kier alpha value is -3.66. The third-order valence-corrected chi connectivity index (χ3v) is 4.26. The number of hydrogen-bond acceptors (Lipinski definition) is 6. The standard InChI is InChI=1S/C20H25FN2O3.C2H2O4/c1-23(12-10-15-4-9-18(25-2)19(14-15)26-3)13-11-20(24)22-17-7-5-16(21)6-8-17;3-1(4)2(5)6/h4-9,14H,10-13H2,1-3H3,(H,22,24);(H,3,4)(H,5,6). The van der Waals surface area contributed by atoms with Gasteiger partial charge in [-0.15, -0.1) is 0 Å². The molecule has 0 aromatic heterocycles.